The summed E-state index contributed by atoms with van der Waals surface area (Å²) in [6.45, 7) is 0. The van der Waals surface area contributed by atoms with Crippen molar-refractivity contribution in [3.05, 3.63) is 65.7 Å². The van der Waals surface area contributed by atoms with Crippen LogP contribution in [0.3, 0.4) is 0 Å². The molecule has 1 N–H and O–H groups in total. The Morgan fingerprint density at radius 3 is 2.44 bits per heavy atom. The molecule has 0 saturated heterocycles. The quantitative estimate of drug-likeness (QED) is 0.776. The van der Waals surface area contributed by atoms with Crippen molar-refractivity contribution >= 4 is 22.4 Å². The lowest BCUT2D eigenvalue weighted by Crippen LogP contribution is -2.23. The lowest BCUT2D eigenvalue weighted by atomic mass is 9.82. The van der Waals surface area contributed by atoms with E-state index < -0.39 is 0 Å². The number of carbonyl (C=O) groups excluding carboxylic acids is 1. The molecule has 0 radical (unpaired) electrons. The van der Waals surface area contributed by atoms with Gasteiger partial charge in [-0.15, -0.1) is 0 Å². The molecule has 1 heterocycles. The zero-order valence-corrected chi connectivity index (χ0v) is 14.2. The fourth-order valence-corrected chi connectivity index (χ4v) is 3.62. The molecule has 0 saturated carbocycles. The largest absolute Gasteiger partial charge is 0.493 e. The van der Waals surface area contributed by atoms with Crippen LogP contribution in [0.5, 0.6) is 11.5 Å². The minimum absolute atomic E-state index is 0.0117. The highest BCUT2D eigenvalue weighted by atomic mass is 16.5. The molecule has 4 heteroatoms. The summed E-state index contributed by atoms with van der Waals surface area (Å²) >= 11 is 0. The predicted molar refractivity (Wildman–Crippen MR) is 98.6 cm³/mol. The molecule has 0 fully saturated rings. The van der Waals surface area contributed by atoms with Crippen LogP contribution in [-0.2, 0) is 4.79 Å². The SMILES string of the molecule is COc1cc2c(cc1OC)C(c1cccc3ccccc13)CC(=O)N2. The highest BCUT2D eigenvalue weighted by molar-refractivity contribution is 5.97. The average Bonchev–Trinajstić information content (AvgIpc) is 2.65. The van der Waals surface area contributed by atoms with E-state index in [1.807, 2.05) is 30.3 Å². The summed E-state index contributed by atoms with van der Waals surface area (Å²) in [6.07, 6.45) is 0.413. The van der Waals surface area contributed by atoms with Gasteiger partial charge in [-0.3, -0.25) is 4.79 Å². The summed E-state index contributed by atoms with van der Waals surface area (Å²) in [5.41, 5.74) is 2.99. The van der Waals surface area contributed by atoms with E-state index in [0.717, 1.165) is 16.8 Å². The summed E-state index contributed by atoms with van der Waals surface area (Å²) in [5.74, 6) is 1.27. The minimum atomic E-state index is -0.0188. The number of fused-ring (bicyclic) bond motifs is 2. The van der Waals surface area contributed by atoms with Crippen molar-refractivity contribution < 1.29 is 14.3 Å². The van der Waals surface area contributed by atoms with Crippen LogP contribution in [-0.4, -0.2) is 20.1 Å². The topological polar surface area (TPSA) is 47.6 Å². The van der Waals surface area contributed by atoms with Crippen molar-refractivity contribution in [3.63, 3.8) is 0 Å². The molecular weight excluding hydrogens is 314 g/mol. The molecular formula is C21H19NO3. The van der Waals surface area contributed by atoms with Crippen LogP contribution in [0.1, 0.15) is 23.5 Å². The molecule has 4 rings (SSSR count). The summed E-state index contributed by atoms with van der Waals surface area (Å²) in [4.78, 5) is 12.3. The Hall–Kier alpha value is -3.01. The zero-order valence-electron chi connectivity index (χ0n) is 14.2. The van der Waals surface area contributed by atoms with Gasteiger partial charge in [-0.25, -0.2) is 0 Å². The van der Waals surface area contributed by atoms with Crippen molar-refractivity contribution in [2.75, 3.05) is 19.5 Å². The van der Waals surface area contributed by atoms with Gasteiger partial charge in [0.2, 0.25) is 5.91 Å². The summed E-state index contributed by atoms with van der Waals surface area (Å²) in [5, 5.41) is 5.31. The molecule has 1 aliphatic heterocycles. The number of methoxy groups -OCH3 is 2. The lowest BCUT2D eigenvalue weighted by molar-refractivity contribution is -0.116. The Balaban J connectivity index is 1.93. The molecule has 0 bridgehead atoms. The number of amides is 1. The Kier molecular flexibility index (Phi) is 3.80. The first kappa shape index (κ1) is 15.5. The molecule has 1 aliphatic rings. The van der Waals surface area contributed by atoms with E-state index in [9.17, 15) is 4.79 Å². The van der Waals surface area contributed by atoms with Crippen LogP contribution < -0.4 is 14.8 Å². The maximum atomic E-state index is 12.3. The molecule has 0 aromatic heterocycles. The molecule has 1 amide bonds. The van der Waals surface area contributed by atoms with E-state index in [2.05, 4.69) is 29.6 Å². The van der Waals surface area contributed by atoms with Gasteiger partial charge in [-0.1, -0.05) is 42.5 Å². The Labute approximate surface area is 146 Å². The zero-order chi connectivity index (χ0) is 17.4. The fraction of sp³-hybridized carbons (Fsp3) is 0.190. The minimum Gasteiger partial charge on any atom is -0.493 e. The second-order valence-corrected chi connectivity index (χ2v) is 6.17. The monoisotopic (exact) mass is 333 g/mol. The Morgan fingerprint density at radius 1 is 0.920 bits per heavy atom. The summed E-state index contributed by atoms with van der Waals surface area (Å²) in [7, 11) is 3.22. The van der Waals surface area contributed by atoms with Crippen LogP contribution >= 0.6 is 0 Å². The fourth-order valence-electron chi connectivity index (χ4n) is 3.62. The molecule has 25 heavy (non-hydrogen) atoms. The van der Waals surface area contributed by atoms with Gasteiger partial charge in [-0.2, -0.15) is 0 Å². The van der Waals surface area contributed by atoms with Gasteiger partial charge < -0.3 is 14.8 Å². The number of anilines is 1. The number of rotatable bonds is 3. The van der Waals surface area contributed by atoms with Crippen molar-refractivity contribution in [1.82, 2.24) is 0 Å². The van der Waals surface area contributed by atoms with Crippen LogP contribution in [0.25, 0.3) is 10.8 Å². The second kappa shape index (κ2) is 6.13. The third kappa shape index (κ3) is 2.60. The summed E-state index contributed by atoms with van der Waals surface area (Å²) in [6, 6.07) is 18.3. The molecule has 0 aliphatic carbocycles. The van der Waals surface area contributed by atoms with Crippen molar-refractivity contribution in [1.29, 1.82) is 0 Å². The first-order chi connectivity index (χ1) is 12.2. The van der Waals surface area contributed by atoms with Gasteiger partial charge in [0.25, 0.3) is 0 Å². The van der Waals surface area contributed by atoms with E-state index in [1.54, 1.807) is 14.2 Å². The number of carbonyl (C=O) groups is 1. The molecule has 3 aromatic carbocycles. The van der Waals surface area contributed by atoms with Crippen molar-refractivity contribution in [3.8, 4) is 11.5 Å². The van der Waals surface area contributed by atoms with Gasteiger partial charge in [0.05, 0.1) is 14.2 Å². The van der Waals surface area contributed by atoms with E-state index in [1.165, 1.54) is 10.8 Å². The maximum absolute atomic E-state index is 12.3. The van der Waals surface area contributed by atoms with E-state index in [4.69, 9.17) is 9.47 Å². The van der Waals surface area contributed by atoms with Crippen molar-refractivity contribution in [2.24, 2.45) is 0 Å². The predicted octanol–water partition coefficient (Wildman–Crippen LogP) is 4.33. The highest BCUT2D eigenvalue weighted by Crippen LogP contribution is 2.44. The van der Waals surface area contributed by atoms with Gasteiger partial charge in [0.1, 0.15) is 0 Å². The Bertz CT molecular complexity index is 959. The molecule has 1 atom stereocenters. The van der Waals surface area contributed by atoms with Gasteiger partial charge in [-0.05, 0) is 28.0 Å². The highest BCUT2D eigenvalue weighted by Gasteiger charge is 2.29. The van der Waals surface area contributed by atoms with Gasteiger partial charge in [0, 0.05) is 24.1 Å². The van der Waals surface area contributed by atoms with Gasteiger partial charge >= 0.3 is 0 Å². The molecule has 1 unspecified atom stereocenters. The molecule has 126 valence electrons. The first-order valence-corrected chi connectivity index (χ1v) is 8.24. The molecule has 3 aromatic rings. The third-order valence-electron chi connectivity index (χ3n) is 4.79. The lowest BCUT2D eigenvalue weighted by Gasteiger charge is -2.28. The van der Waals surface area contributed by atoms with Crippen LogP contribution in [0, 0.1) is 0 Å². The number of hydrogen-bond donors (Lipinski definition) is 1. The van der Waals surface area contributed by atoms with E-state index >= 15 is 0 Å². The van der Waals surface area contributed by atoms with Crippen LogP contribution in [0.15, 0.2) is 54.6 Å². The molecule has 0 spiro atoms. The van der Waals surface area contributed by atoms with Crippen LogP contribution in [0.2, 0.25) is 0 Å². The smallest absolute Gasteiger partial charge is 0.225 e. The third-order valence-corrected chi connectivity index (χ3v) is 4.79. The normalized spacial score (nSPS) is 16.2. The van der Waals surface area contributed by atoms with Gasteiger partial charge in [0.15, 0.2) is 11.5 Å². The average molecular weight is 333 g/mol. The molecule has 4 nitrogen and oxygen atoms in total. The van der Waals surface area contributed by atoms with E-state index in [-0.39, 0.29) is 11.8 Å². The Morgan fingerprint density at radius 2 is 1.64 bits per heavy atom. The first-order valence-electron chi connectivity index (χ1n) is 8.24. The van der Waals surface area contributed by atoms with E-state index in [0.29, 0.717) is 17.9 Å². The van der Waals surface area contributed by atoms with Crippen molar-refractivity contribution in [2.45, 2.75) is 12.3 Å². The number of benzene rings is 3. The van der Waals surface area contributed by atoms with Crippen LogP contribution in [0.4, 0.5) is 5.69 Å². The number of ether oxygens (including phenoxy) is 2. The second-order valence-electron chi connectivity index (χ2n) is 6.17. The number of nitrogens with one attached hydrogen (secondary N) is 1. The maximum Gasteiger partial charge on any atom is 0.225 e. The number of hydrogen-bond acceptors (Lipinski definition) is 3. The summed E-state index contributed by atoms with van der Waals surface area (Å²) < 4.78 is 10.8. The standard InChI is InChI=1S/C21H19NO3/c1-24-19-10-17-16(11-21(23)22-18(17)12-20(19)25-2)15-9-5-7-13-6-3-4-8-14(13)15/h3-10,12,16H,11H2,1-2H3,(H,22,23).